The standard InChI is InChI=1S/C15H19ClNO6/c1-4-22-14(18)11(15(19)23-5-2)9-10-12(16)7-6-8-13(10)17(20)21-3/h6-8,11H,4-5,9H2,1-3H3/q+1. The lowest BCUT2D eigenvalue weighted by atomic mass is 9.98. The van der Waals surface area contributed by atoms with E-state index in [2.05, 4.69) is 4.84 Å². The normalized spacial score (nSPS) is 10.3. The van der Waals surface area contributed by atoms with Gasteiger partial charge in [-0.05, 0) is 19.9 Å². The maximum absolute atomic E-state index is 12.0. The summed E-state index contributed by atoms with van der Waals surface area (Å²) >= 11 is 6.11. The summed E-state index contributed by atoms with van der Waals surface area (Å²) in [6, 6.07) is 4.59. The second-order valence-corrected chi connectivity index (χ2v) is 4.85. The van der Waals surface area contributed by atoms with Gasteiger partial charge in [-0.2, -0.15) is 0 Å². The van der Waals surface area contributed by atoms with Crippen molar-refractivity contribution in [2.24, 2.45) is 5.92 Å². The van der Waals surface area contributed by atoms with Crippen LogP contribution in [0.1, 0.15) is 19.4 Å². The zero-order valence-electron chi connectivity index (χ0n) is 13.2. The molecule has 23 heavy (non-hydrogen) atoms. The van der Waals surface area contributed by atoms with Crippen molar-refractivity contribution in [3.63, 3.8) is 0 Å². The summed E-state index contributed by atoms with van der Waals surface area (Å²) in [5, 5.41) is 0.235. The van der Waals surface area contributed by atoms with Crippen molar-refractivity contribution in [1.82, 2.24) is 0 Å². The molecular formula is C15H19ClNO6+. The smallest absolute Gasteiger partial charge is 0.321 e. The molecule has 1 aromatic carbocycles. The molecule has 0 spiro atoms. The van der Waals surface area contributed by atoms with Gasteiger partial charge in [0.1, 0.15) is 0 Å². The number of nitrogens with zero attached hydrogens (tertiary/aromatic N) is 1. The Morgan fingerprint density at radius 2 is 1.74 bits per heavy atom. The summed E-state index contributed by atoms with van der Waals surface area (Å²) in [5.74, 6) is -2.67. The highest BCUT2D eigenvalue weighted by Crippen LogP contribution is 2.29. The number of hydrogen-bond donors (Lipinski definition) is 0. The van der Waals surface area contributed by atoms with Crippen LogP contribution >= 0.6 is 11.6 Å². The fourth-order valence-corrected chi connectivity index (χ4v) is 2.22. The van der Waals surface area contributed by atoms with Gasteiger partial charge in [0.25, 0.3) is 4.92 Å². The van der Waals surface area contributed by atoms with Crippen LogP contribution in [0.25, 0.3) is 0 Å². The molecule has 8 heteroatoms. The van der Waals surface area contributed by atoms with E-state index in [1.54, 1.807) is 26.0 Å². The Kier molecular flexibility index (Phi) is 7.47. The van der Waals surface area contributed by atoms with Crippen molar-refractivity contribution in [1.29, 1.82) is 0 Å². The van der Waals surface area contributed by atoms with Crippen LogP contribution in [0.15, 0.2) is 18.2 Å². The molecule has 0 amide bonds. The van der Waals surface area contributed by atoms with E-state index in [1.165, 1.54) is 13.2 Å². The minimum Gasteiger partial charge on any atom is -0.465 e. The summed E-state index contributed by atoms with van der Waals surface area (Å²) in [6.45, 7) is 3.50. The van der Waals surface area contributed by atoms with Crippen LogP contribution in [-0.2, 0) is 30.3 Å². The third-order valence-corrected chi connectivity index (χ3v) is 3.36. The first kappa shape index (κ1) is 18.9. The van der Waals surface area contributed by atoms with Crippen molar-refractivity contribution >= 4 is 29.2 Å². The van der Waals surface area contributed by atoms with Crippen LogP contribution in [0.4, 0.5) is 5.69 Å². The summed E-state index contributed by atoms with van der Waals surface area (Å²) in [5.41, 5.74) is 0.413. The Morgan fingerprint density at radius 3 is 2.22 bits per heavy atom. The van der Waals surface area contributed by atoms with E-state index in [0.29, 0.717) is 5.56 Å². The zero-order valence-corrected chi connectivity index (χ0v) is 14.0. The zero-order chi connectivity index (χ0) is 17.4. The molecule has 0 atom stereocenters. The molecule has 0 unspecified atom stereocenters. The Hall–Kier alpha value is -2.15. The Morgan fingerprint density at radius 1 is 1.17 bits per heavy atom. The number of carbonyl (C=O) groups excluding carboxylic acids is 2. The topological polar surface area (TPSA) is 81.9 Å². The van der Waals surface area contributed by atoms with Gasteiger partial charge in [-0.25, -0.2) is 4.84 Å². The number of rotatable bonds is 8. The van der Waals surface area contributed by atoms with Crippen LogP contribution in [0, 0.1) is 10.8 Å². The first-order valence-corrected chi connectivity index (χ1v) is 7.46. The van der Waals surface area contributed by atoms with Crippen LogP contribution in [0.5, 0.6) is 0 Å². The first-order chi connectivity index (χ1) is 11.0. The highest BCUT2D eigenvalue weighted by Gasteiger charge is 2.34. The number of ether oxygens (including phenoxy) is 2. The third kappa shape index (κ3) is 4.92. The maximum atomic E-state index is 12.0. The minimum atomic E-state index is -1.21. The van der Waals surface area contributed by atoms with E-state index in [1.807, 2.05) is 0 Å². The molecule has 7 nitrogen and oxygen atoms in total. The number of benzene rings is 1. The lowest BCUT2D eigenvalue weighted by Crippen LogP contribution is -2.30. The van der Waals surface area contributed by atoms with Crippen molar-refractivity contribution in [3.8, 4) is 0 Å². The second kappa shape index (κ2) is 9.09. The lowest BCUT2D eigenvalue weighted by Gasteiger charge is -2.14. The van der Waals surface area contributed by atoms with E-state index >= 15 is 0 Å². The van der Waals surface area contributed by atoms with E-state index in [4.69, 9.17) is 21.1 Å². The summed E-state index contributed by atoms with van der Waals surface area (Å²) < 4.78 is 9.81. The Bertz CT molecular complexity index is 571. The SMILES string of the molecule is CCOC(=O)C(Cc1c(Cl)cccc1[N+](=O)OC)C(=O)OCC. The van der Waals surface area contributed by atoms with Crippen molar-refractivity contribution in [2.75, 3.05) is 20.3 Å². The molecule has 0 aliphatic rings. The molecule has 0 saturated heterocycles. The van der Waals surface area contributed by atoms with E-state index in [9.17, 15) is 14.5 Å². The van der Waals surface area contributed by atoms with Crippen LogP contribution < -0.4 is 0 Å². The van der Waals surface area contributed by atoms with Gasteiger partial charge in [0, 0.05) is 12.5 Å². The molecule has 0 bridgehead atoms. The van der Waals surface area contributed by atoms with Gasteiger partial charge in [0.05, 0.1) is 28.7 Å². The largest absolute Gasteiger partial charge is 0.465 e. The van der Waals surface area contributed by atoms with E-state index < -0.39 is 17.9 Å². The Labute approximate surface area is 139 Å². The average Bonchev–Trinajstić information content (AvgIpc) is 2.53. The van der Waals surface area contributed by atoms with Gasteiger partial charge >= 0.3 is 17.6 Å². The molecular weight excluding hydrogens is 326 g/mol. The first-order valence-electron chi connectivity index (χ1n) is 7.08. The molecule has 126 valence electrons. The number of hydrogen-bond acceptors (Lipinski definition) is 6. The molecule has 0 heterocycles. The fraction of sp³-hybridized carbons (Fsp3) is 0.467. The Balaban J connectivity index is 3.19. The quantitative estimate of drug-likeness (QED) is 0.409. The van der Waals surface area contributed by atoms with Gasteiger partial charge in [0.15, 0.2) is 13.0 Å². The van der Waals surface area contributed by atoms with Crippen molar-refractivity contribution in [2.45, 2.75) is 20.3 Å². The van der Waals surface area contributed by atoms with Gasteiger partial charge < -0.3 is 9.47 Å². The van der Waals surface area contributed by atoms with Gasteiger partial charge in [-0.3, -0.25) is 9.59 Å². The summed E-state index contributed by atoms with van der Waals surface area (Å²) in [6.07, 6.45) is -0.130. The molecule has 1 rings (SSSR count). The predicted octanol–water partition coefficient (Wildman–Crippen LogP) is 2.60. The molecule has 0 aliphatic carbocycles. The van der Waals surface area contributed by atoms with Crippen LogP contribution in [0.2, 0.25) is 5.02 Å². The van der Waals surface area contributed by atoms with Crippen molar-refractivity contribution < 1.29 is 28.8 Å². The average molecular weight is 345 g/mol. The maximum Gasteiger partial charge on any atom is 0.321 e. The monoisotopic (exact) mass is 344 g/mol. The summed E-state index contributed by atoms with van der Waals surface area (Å²) in [4.78, 5) is 40.7. The van der Waals surface area contributed by atoms with E-state index in [-0.39, 0.29) is 35.3 Å². The second-order valence-electron chi connectivity index (χ2n) is 4.44. The highest BCUT2D eigenvalue weighted by molar-refractivity contribution is 6.31. The van der Waals surface area contributed by atoms with Crippen LogP contribution in [0.3, 0.4) is 0 Å². The predicted molar refractivity (Wildman–Crippen MR) is 82.2 cm³/mol. The molecule has 0 saturated carbocycles. The van der Waals surface area contributed by atoms with Crippen LogP contribution in [-0.4, -0.2) is 37.2 Å². The fourth-order valence-electron chi connectivity index (χ4n) is 1.97. The highest BCUT2D eigenvalue weighted by atomic mass is 35.5. The van der Waals surface area contributed by atoms with Gasteiger partial charge in [-0.15, -0.1) is 0 Å². The minimum absolute atomic E-state index is 0.110. The molecule has 0 fully saturated rings. The summed E-state index contributed by atoms with van der Waals surface area (Å²) in [7, 11) is 1.20. The molecule has 0 aromatic heterocycles. The molecule has 0 N–H and O–H groups in total. The van der Waals surface area contributed by atoms with Crippen molar-refractivity contribution in [3.05, 3.63) is 33.7 Å². The third-order valence-electron chi connectivity index (χ3n) is 3.01. The molecule has 1 aromatic rings. The number of carbonyl (C=O) groups is 2. The number of esters is 2. The lowest BCUT2D eigenvalue weighted by molar-refractivity contribution is -0.737. The van der Waals surface area contributed by atoms with E-state index in [0.717, 1.165) is 0 Å². The number of halogens is 1. The van der Waals surface area contributed by atoms with Gasteiger partial charge in [-0.1, -0.05) is 17.7 Å². The van der Waals surface area contributed by atoms with Gasteiger partial charge in [0.2, 0.25) is 0 Å². The molecule has 0 aliphatic heterocycles. The molecule has 0 radical (unpaired) electrons.